The maximum atomic E-state index is 12.2. The lowest BCUT2D eigenvalue weighted by molar-refractivity contribution is -0.605. The summed E-state index contributed by atoms with van der Waals surface area (Å²) < 4.78 is 5.48. The number of ketones is 2. The largest absolute Gasteiger partial charge is 0.619 e. The lowest BCUT2D eigenvalue weighted by Crippen LogP contribution is -2.24. The summed E-state index contributed by atoms with van der Waals surface area (Å²) in [5.74, 6) is -1.27. The van der Waals surface area contributed by atoms with Gasteiger partial charge in [-0.1, -0.05) is 0 Å². The third-order valence-electron chi connectivity index (χ3n) is 3.44. The van der Waals surface area contributed by atoms with Crippen LogP contribution >= 0.6 is 0 Å². The highest BCUT2D eigenvalue weighted by Crippen LogP contribution is 2.19. The van der Waals surface area contributed by atoms with Gasteiger partial charge in [0.1, 0.15) is 0 Å². The van der Waals surface area contributed by atoms with Gasteiger partial charge < -0.3 is 14.9 Å². The van der Waals surface area contributed by atoms with Crippen LogP contribution in [0.15, 0.2) is 24.5 Å². The summed E-state index contributed by atoms with van der Waals surface area (Å²) in [5.41, 5.74) is 2.05. The van der Waals surface area contributed by atoms with Gasteiger partial charge in [0.25, 0.3) is 0 Å². The summed E-state index contributed by atoms with van der Waals surface area (Å²) in [5, 5.41) is 10.9. The molecule has 0 saturated heterocycles. The van der Waals surface area contributed by atoms with Gasteiger partial charge in [-0.3, -0.25) is 9.59 Å². The van der Waals surface area contributed by atoms with Crippen molar-refractivity contribution in [3.63, 3.8) is 0 Å². The zero-order chi connectivity index (χ0) is 17.1. The van der Waals surface area contributed by atoms with Crippen LogP contribution in [0.25, 0.3) is 0 Å². The number of carbonyl (C=O) groups is 3. The van der Waals surface area contributed by atoms with E-state index >= 15 is 0 Å². The Morgan fingerprint density at radius 3 is 2.35 bits per heavy atom. The highest BCUT2D eigenvalue weighted by atomic mass is 16.5. The fraction of sp³-hybridized carbons (Fsp3) is 0.250. The van der Waals surface area contributed by atoms with Crippen molar-refractivity contribution in [1.29, 1.82) is 0 Å². The molecule has 0 aliphatic heterocycles. The van der Waals surface area contributed by atoms with Crippen LogP contribution in [0.1, 0.15) is 49.4 Å². The van der Waals surface area contributed by atoms with E-state index in [0.29, 0.717) is 21.6 Å². The van der Waals surface area contributed by atoms with Crippen molar-refractivity contribution in [3.05, 3.63) is 57.8 Å². The lowest BCUT2D eigenvalue weighted by atomic mass is 10.1. The first kappa shape index (κ1) is 16.4. The van der Waals surface area contributed by atoms with Crippen LogP contribution in [0.4, 0.5) is 0 Å². The highest BCUT2D eigenvalue weighted by Gasteiger charge is 2.21. The molecule has 0 fully saturated rings. The van der Waals surface area contributed by atoms with Crippen molar-refractivity contribution >= 4 is 17.5 Å². The Hall–Kier alpha value is -2.96. The predicted octanol–water partition coefficient (Wildman–Crippen LogP) is 1.51. The number of nitrogens with zero attached hydrogens (tertiary/aromatic N) is 1. The average Bonchev–Trinajstić information content (AvgIpc) is 2.80. The molecule has 1 N–H and O–H groups in total. The van der Waals surface area contributed by atoms with Crippen LogP contribution in [0.5, 0.6) is 0 Å². The molecule has 120 valence electrons. The first-order valence-electron chi connectivity index (χ1n) is 6.90. The highest BCUT2D eigenvalue weighted by molar-refractivity contribution is 6.04. The number of pyridine rings is 1. The Morgan fingerprint density at radius 1 is 1.22 bits per heavy atom. The van der Waals surface area contributed by atoms with Gasteiger partial charge in [0.05, 0.1) is 11.3 Å². The Labute approximate surface area is 132 Å². The molecule has 23 heavy (non-hydrogen) atoms. The zero-order valence-corrected chi connectivity index (χ0v) is 13.0. The van der Waals surface area contributed by atoms with Gasteiger partial charge in [-0.15, -0.1) is 0 Å². The molecule has 0 radical (unpaired) electrons. The molecule has 0 aromatic carbocycles. The van der Waals surface area contributed by atoms with Crippen LogP contribution in [0, 0.1) is 19.1 Å². The third-order valence-corrected chi connectivity index (χ3v) is 3.44. The second-order valence-corrected chi connectivity index (χ2v) is 5.13. The van der Waals surface area contributed by atoms with Gasteiger partial charge >= 0.3 is 5.97 Å². The second kappa shape index (κ2) is 6.43. The second-order valence-electron chi connectivity index (χ2n) is 5.13. The minimum Gasteiger partial charge on any atom is -0.619 e. The average molecular weight is 316 g/mol. The molecular weight excluding hydrogens is 300 g/mol. The van der Waals surface area contributed by atoms with Crippen LogP contribution in [0.2, 0.25) is 0 Å². The summed E-state index contributed by atoms with van der Waals surface area (Å²) in [6.45, 7) is 4.34. The number of nitrogens with one attached hydrogen (secondary N) is 1. The summed E-state index contributed by atoms with van der Waals surface area (Å²) >= 11 is 0. The molecule has 0 saturated carbocycles. The molecule has 0 atom stereocenters. The van der Waals surface area contributed by atoms with Crippen LogP contribution in [-0.2, 0) is 4.74 Å². The van der Waals surface area contributed by atoms with Crippen molar-refractivity contribution in [2.75, 3.05) is 6.61 Å². The van der Waals surface area contributed by atoms with E-state index in [4.69, 9.17) is 4.74 Å². The summed E-state index contributed by atoms with van der Waals surface area (Å²) in [6, 6.07) is 2.61. The number of esters is 1. The molecule has 2 rings (SSSR count). The van der Waals surface area contributed by atoms with Gasteiger partial charge in [-0.25, -0.2) is 4.79 Å². The Kier molecular flexibility index (Phi) is 4.59. The fourth-order valence-corrected chi connectivity index (χ4v) is 2.39. The molecule has 2 heterocycles. The van der Waals surface area contributed by atoms with Gasteiger partial charge in [-0.2, -0.15) is 4.73 Å². The van der Waals surface area contributed by atoms with Crippen molar-refractivity contribution < 1.29 is 23.9 Å². The number of aromatic amines is 1. The van der Waals surface area contributed by atoms with Crippen LogP contribution < -0.4 is 4.73 Å². The molecule has 0 aliphatic carbocycles. The molecule has 0 bridgehead atoms. The zero-order valence-electron chi connectivity index (χ0n) is 13.0. The minimum atomic E-state index is -0.702. The smallest absolute Gasteiger partial charge is 0.339 e. The number of ether oxygens (including phenoxy) is 1. The summed E-state index contributed by atoms with van der Waals surface area (Å²) in [4.78, 5) is 38.4. The van der Waals surface area contributed by atoms with Gasteiger partial charge in [0, 0.05) is 23.4 Å². The van der Waals surface area contributed by atoms with E-state index in [-0.39, 0.29) is 17.0 Å². The molecule has 0 aliphatic rings. The van der Waals surface area contributed by atoms with Gasteiger partial charge in [0.2, 0.25) is 5.78 Å². The number of H-pyrrole nitrogens is 1. The van der Waals surface area contributed by atoms with E-state index < -0.39 is 18.4 Å². The maximum Gasteiger partial charge on any atom is 0.339 e. The molecule has 7 nitrogen and oxygen atoms in total. The number of carbonyl (C=O) groups excluding carboxylic acids is 3. The van der Waals surface area contributed by atoms with E-state index in [9.17, 15) is 19.6 Å². The van der Waals surface area contributed by atoms with E-state index in [1.165, 1.54) is 19.1 Å². The number of hydrogen-bond acceptors (Lipinski definition) is 5. The van der Waals surface area contributed by atoms with Gasteiger partial charge in [-0.05, 0) is 26.3 Å². The molecule has 7 heteroatoms. The molecule has 0 amide bonds. The topological polar surface area (TPSA) is 103 Å². The number of rotatable bonds is 5. The number of Topliss-reactive ketones (excluding diaryl/α,β-unsaturated/α-hetero) is 2. The summed E-state index contributed by atoms with van der Waals surface area (Å²) in [6.07, 6.45) is 2.33. The van der Waals surface area contributed by atoms with E-state index in [1.54, 1.807) is 13.8 Å². The van der Waals surface area contributed by atoms with Crippen LogP contribution in [-0.4, -0.2) is 29.1 Å². The number of aryl methyl sites for hydroxylation is 1. The molecule has 0 unspecified atom stereocenters. The molecule has 2 aromatic rings. The van der Waals surface area contributed by atoms with Crippen molar-refractivity contribution in [2.24, 2.45) is 0 Å². The molecular formula is C16H16N2O5. The maximum absolute atomic E-state index is 12.2. The Balaban J connectivity index is 2.08. The minimum absolute atomic E-state index is 0.137. The first-order valence-corrected chi connectivity index (χ1v) is 6.90. The van der Waals surface area contributed by atoms with Crippen molar-refractivity contribution in [2.45, 2.75) is 20.8 Å². The van der Waals surface area contributed by atoms with E-state index in [0.717, 1.165) is 12.4 Å². The van der Waals surface area contributed by atoms with Crippen molar-refractivity contribution in [3.8, 4) is 0 Å². The first-order chi connectivity index (χ1) is 10.8. The molecule has 0 spiro atoms. The molecule has 2 aromatic heterocycles. The fourth-order valence-electron chi connectivity index (χ4n) is 2.39. The number of aromatic nitrogens is 2. The van der Waals surface area contributed by atoms with Crippen molar-refractivity contribution in [1.82, 2.24) is 4.98 Å². The van der Waals surface area contributed by atoms with Gasteiger partial charge in [0.15, 0.2) is 24.8 Å². The third kappa shape index (κ3) is 3.45. The standard InChI is InChI=1S/C16H16N2O5/c1-9-14(11(3)19)10(2)17-15(9)13(20)8-23-16(21)12-4-6-18(22)7-5-12/h4-7,17H,8H2,1-3H3. The Bertz CT molecular complexity index is 775. The quantitative estimate of drug-likeness (QED) is 0.390. The summed E-state index contributed by atoms with van der Waals surface area (Å²) in [7, 11) is 0. The lowest BCUT2D eigenvalue weighted by Gasteiger charge is -2.04. The number of hydrogen-bond donors (Lipinski definition) is 1. The predicted molar refractivity (Wildman–Crippen MR) is 80.3 cm³/mol. The monoisotopic (exact) mass is 316 g/mol. The Morgan fingerprint density at radius 2 is 1.83 bits per heavy atom. The SMILES string of the molecule is CC(=O)c1c(C)[nH]c(C(=O)COC(=O)c2cc[n+]([O-])cc2)c1C. The normalized spacial score (nSPS) is 10.4. The van der Waals surface area contributed by atoms with E-state index in [1.807, 2.05) is 0 Å². The van der Waals surface area contributed by atoms with E-state index in [2.05, 4.69) is 4.98 Å². The van der Waals surface area contributed by atoms with Crippen LogP contribution in [0.3, 0.4) is 0 Å².